The van der Waals surface area contributed by atoms with Gasteiger partial charge in [-0.3, -0.25) is 4.79 Å². The first kappa shape index (κ1) is 21.6. The summed E-state index contributed by atoms with van der Waals surface area (Å²) >= 11 is 0. The van der Waals surface area contributed by atoms with E-state index in [1.165, 1.54) is 11.8 Å². The number of nitrogens with zero attached hydrogens (tertiary/aromatic N) is 1. The van der Waals surface area contributed by atoms with Crippen molar-refractivity contribution in [2.24, 2.45) is 0 Å². The lowest BCUT2D eigenvalue weighted by Crippen LogP contribution is -2.59. The summed E-state index contributed by atoms with van der Waals surface area (Å²) in [5.41, 5.74) is 1.23. The van der Waals surface area contributed by atoms with E-state index < -0.39 is 10.0 Å². The summed E-state index contributed by atoms with van der Waals surface area (Å²) in [6.07, 6.45) is 7.08. The van der Waals surface area contributed by atoms with E-state index in [1.54, 1.807) is 4.90 Å². The Bertz CT molecular complexity index is 851. The number of carbonyl (C=O) groups excluding carboxylic acids is 1. The minimum Gasteiger partial charge on any atom is -0.493 e. The summed E-state index contributed by atoms with van der Waals surface area (Å²) in [7, 11) is -3.37. The number of carbonyl (C=O) groups is 1. The van der Waals surface area contributed by atoms with Crippen molar-refractivity contribution >= 4 is 15.9 Å². The number of piperidine rings is 1. The Hall–Kier alpha value is -1.64. The SMILES string of the molecule is CS(=O)(=O)N[C@H]1CCCN2C(=O)CCOc3ccccc3C3CCC(CC3)OCC12. The Kier molecular flexibility index (Phi) is 6.65. The molecule has 8 heteroatoms. The molecule has 0 aromatic heterocycles. The quantitative estimate of drug-likeness (QED) is 0.770. The number of nitrogens with one attached hydrogen (secondary N) is 1. The lowest BCUT2D eigenvalue weighted by atomic mass is 9.82. The van der Waals surface area contributed by atoms with Crippen molar-refractivity contribution in [1.29, 1.82) is 0 Å². The minimum atomic E-state index is -3.37. The molecule has 1 saturated carbocycles. The van der Waals surface area contributed by atoms with Crippen molar-refractivity contribution in [2.75, 3.05) is 26.0 Å². The molecule has 3 aliphatic heterocycles. The number of sulfonamides is 1. The van der Waals surface area contributed by atoms with E-state index in [9.17, 15) is 13.2 Å². The molecule has 1 amide bonds. The second-order valence-corrected chi connectivity index (χ2v) is 10.5. The van der Waals surface area contributed by atoms with E-state index >= 15 is 0 Å². The maximum atomic E-state index is 13.0. The van der Waals surface area contributed by atoms with Crippen LogP contribution in [0.3, 0.4) is 0 Å². The molecule has 1 aliphatic carbocycles. The van der Waals surface area contributed by atoms with Crippen molar-refractivity contribution in [3.8, 4) is 5.75 Å². The number of rotatable bonds is 2. The summed E-state index contributed by atoms with van der Waals surface area (Å²) in [5, 5.41) is 0. The first-order chi connectivity index (χ1) is 14.4. The van der Waals surface area contributed by atoms with E-state index in [0.29, 0.717) is 32.1 Å². The van der Waals surface area contributed by atoms with Gasteiger partial charge in [0.15, 0.2) is 0 Å². The maximum Gasteiger partial charge on any atom is 0.226 e. The van der Waals surface area contributed by atoms with E-state index in [1.807, 2.05) is 18.2 Å². The van der Waals surface area contributed by atoms with Crippen LogP contribution in [0.5, 0.6) is 5.75 Å². The highest BCUT2D eigenvalue weighted by atomic mass is 32.2. The van der Waals surface area contributed by atoms with Crippen molar-refractivity contribution in [3.05, 3.63) is 29.8 Å². The van der Waals surface area contributed by atoms with Gasteiger partial charge in [-0.25, -0.2) is 13.1 Å². The fourth-order valence-electron chi connectivity index (χ4n) is 5.10. The molecular weight excluding hydrogens is 404 g/mol. The van der Waals surface area contributed by atoms with Crippen LogP contribution in [0, 0.1) is 0 Å². The van der Waals surface area contributed by atoms with Gasteiger partial charge in [0.05, 0.1) is 38.0 Å². The molecule has 2 atom stereocenters. The van der Waals surface area contributed by atoms with Gasteiger partial charge in [-0.15, -0.1) is 0 Å². The molecule has 0 radical (unpaired) electrons. The first-order valence-corrected chi connectivity index (χ1v) is 12.9. The van der Waals surface area contributed by atoms with Crippen LogP contribution < -0.4 is 9.46 Å². The maximum absolute atomic E-state index is 13.0. The molecule has 1 saturated heterocycles. The van der Waals surface area contributed by atoms with Crippen LogP contribution >= 0.6 is 0 Å². The summed E-state index contributed by atoms with van der Waals surface area (Å²) < 4.78 is 38.8. The standard InChI is InChI=1S/C22H32N2O5S/c1-30(26,27)23-19-6-4-13-24-20(19)15-29-17-10-8-16(9-11-17)18-5-2-3-7-21(18)28-14-12-22(24)25/h2-3,5,7,16-17,19-20,23H,4,6,8-15H2,1H3/t16?,17?,19-,20?/m0/s1. The van der Waals surface area contributed by atoms with Gasteiger partial charge >= 0.3 is 0 Å². The fourth-order valence-corrected chi connectivity index (χ4v) is 5.93. The Labute approximate surface area is 179 Å². The molecule has 4 aliphatic rings. The number of benzene rings is 1. The molecule has 0 spiro atoms. The highest BCUT2D eigenvalue weighted by molar-refractivity contribution is 7.88. The van der Waals surface area contributed by atoms with Crippen LogP contribution in [-0.4, -0.2) is 63.4 Å². The van der Waals surface area contributed by atoms with Gasteiger partial charge in [0, 0.05) is 12.6 Å². The van der Waals surface area contributed by atoms with E-state index in [2.05, 4.69) is 10.8 Å². The zero-order valence-electron chi connectivity index (χ0n) is 17.6. The van der Waals surface area contributed by atoms with Gasteiger partial charge in [0.2, 0.25) is 15.9 Å². The molecule has 7 nitrogen and oxygen atoms in total. The van der Waals surface area contributed by atoms with Crippen LogP contribution in [0.25, 0.3) is 0 Å². The number of hydrogen-bond acceptors (Lipinski definition) is 5. The number of fused-ring (bicyclic) bond motifs is 6. The zero-order chi connectivity index (χ0) is 21.1. The summed E-state index contributed by atoms with van der Waals surface area (Å²) in [5.74, 6) is 1.31. The summed E-state index contributed by atoms with van der Waals surface area (Å²) in [6.45, 7) is 1.31. The van der Waals surface area contributed by atoms with E-state index in [4.69, 9.17) is 9.47 Å². The van der Waals surface area contributed by atoms with Crippen molar-refractivity contribution in [3.63, 3.8) is 0 Å². The predicted octanol–water partition coefficient (Wildman–Crippen LogP) is 2.42. The lowest BCUT2D eigenvalue weighted by Gasteiger charge is -2.42. The number of ether oxygens (including phenoxy) is 2. The minimum absolute atomic E-state index is 0.0108. The molecule has 1 aromatic carbocycles. The molecule has 5 rings (SSSR count). The van der Waals surface area contributed by atoms with Crippen LogP contribution in [-0.2, 0) is 19.6 Å². The Morgan fingerprint density at radius 2 is 1.87 bits per heavy atom. The average molecular weight is 437 g/mol. The topological polar surface area (TPSA) is 84.9 Å². The van der Waals surface area contributed by atoms with Gasteiger partial charge in [0.1, 0.15) is 5.75 Å². The molecule has 1 N–H and O–H groups in total. The molecule has 3 heterocycles. The van der Waals surface area contributed by atoms with Crippen molar-refractivity contribution < 1.29 is 22.7 Å². The van der Waals surface area contributed by atoms with Crippen molar-refractivity contribution in [2.45, 2.75) is 69.1 Å². The number of hydrogen-bond donors (Lipinski definition) is 1. The lowest BCUT2D eigenvalue weighted by molar-refractivity contribution is -0.139. The summed E-state index contributed by atoms with van der Waals surface area (Å²) in [6, 6.07) is 7.55. The molecule has 1 aromatic rings. The molecule has 166 valence electrons. The Morgan fingerprint density at radius 3 is 2.63 bits per heavy atom. The van der Waals surface area contributed by atoms with E-state index in [-0.39, 0.29) is 30.5 Å². The molecule has 1 unspecified atom stereocenters. The molecule has 30 heavy (non-hydrogen) atoms. The second-order valence-electron chi connectivity index (χ2n) is 8.74. The van der Waals surface area contributed by atoms with Gasteiger partial charge in [-0.05, 0) is 56.1 Å². The molecular formula is C22H32N2O5S. The largest absolute Gasteiger partial charge is 0.493 e. The number of para-hydroxylation sites is 1. The zero-order valence-corrected chi connectivity index (χ0v) is 18.4. The monoisotopic (exact) mass is 436 g/mol. The number of amides is 1. The predicted molar refractivity (Wildman–Crippen MR) is 114 cm³/mol. The third kappa shape index (κ3) is 5.15. The van der Waals surface area contributed by atoms with Crippen LogP contribution in [0.1, 0.15) is 56.4 Å². The third-order valence-corrected chi connectivity index (χ3v) is 7.30. The van der Waals surface area contributed by atoms with Crippen LogP contribution in [0.4, 0.5) is 0 Å². The Balaban J connectivity index is 1.57. The van der Waals surface area contributed by atoms with E-state index in [0.717, 1.165) is 37.9 Å². The normalized spacial score (nSPS) is 30.7. The Morgan fingerprint density at radius 1 is 1.10 bits per heavy atom. The third-order valence-electron chi connectivity index (χ3n) is 6.57. The highest BCUT2D eigenvalue weighted by Crippen LogP contribution is 2.38. The van der Waals surface area contributed by atoms with Gasteiger partial charge in [0.25, 0.3) is 0 Å². The van der Waals surface area contributed by atoms with Gasteiger partial charge in [-0.1, -0.05) is 18.2 Å². The second kappa shape index (κ2) is 9.24. The van der Waals surface area contributed by atoms with Gasteiger partial charge in [-0.2, -0.15) is 0 Å². The van der Waals surface area contributed by atoms with Crippen molar-refractivity contribution in [1.82, 2.24) is 9.62 Å². The van der Waals surface area contributed by atoms with Gasteiger partial charge < -0.3 is 14.4 Å². The average Bonchev–Trinajstić information content (AvgIpc) is 2.72. The van der Waals surface area contributed by atoms with Crippen LogP contribution in [0.15, 0.2) is 24.3 Å². The molecule has 2 fully saturated rings. The molecule has 2 bridgehead atoms. The fraction of sp³-hybridized carbons (Fsp3) is 0.682. The first-order valence-electron chi connectivity index (χ1n) is 11.0. The van der Waals surface area contributed by atoms with Crippen LogP contribution in [0.2, 0.25) is 0 Å². The smallest absolute Gasteiger partial charge is 0.226 e. The summed E-state index contributed by atoms with van der Waals surface area (Å²) in [4.78, 5) is 14.8. The highest BCUT2D eigenvalue weighted by Gasteiger charge is 2.37.